The molecule has 0 aliphatic heterocycles. The molecule has 2 unspecified atom stereocenters. The van der Waals surface area contributed by atoms with E-state index in [0.717, 1.165) is 57.8 Å². The average molecular weight is 860 g/mol. The van der Waals surface area contributed by atoms with E-state index in [1.54, 1.807) is 6.08 Å². The van der Waals surface area contributed by atoms with Crippen molar-refractivity contribution in [3.63, 3.8) is 0 Å². The molecular formula is C55H105NO5. The van der Waals surface area contributed by atoms with Gasteiger partial charge in [-0.15, -0.1) is 0 Å². The van der Waals surface area contributed by atoms with Crippen LogP contribution in [-0.2, 0) is 14.3 Å². The van der Waals surface area contributed by atoms with Crippen molar-refractivity contribution >= 4 is 11.9 Å². The van der Waals surface area contributed by atoms with E-state index in [0.29, 0.717) is 19.4 Å². The smallest absolute Gasteiger partial charge is 0.305 e. The summed E-state index contributed by atoms with van der Waals surface area (Å²) in [5.41, 5.74) is 0. The van der Waals surface area contributed by atoms with Crippen molar-refractivity contribution in [1.29, 1.82) is 0 Å². The summed E-state index contributed by atoms with van der Waals surface area (Å²) in [5, 5.41) is 23.1. The van der Waals surface area contributed by atoms with Crippen LogP contribution >= 0.6 is 0 Å². The Hall–Kier alpha value is -1.66. The number of aliphatic hydroxyl groups is 2. The van der Waals surface area contributed by atoms with Gasteiger partial charge in [-0.3, -0.25) is 9.59 Å². The monoisotopic (exact) mass is 860 g/mol. The molecule has 6 heteroatoms. The Kier molecular flexibility index (Phi) is 49.6. The zero-order valence-corrected chi connectivity index (χ0v) is 40.9. The molecule has 0 aromatic heterocycles. The molecule has 0 saturated carbocycles. The fraction of sp³-hybridized carbons (Fsp3) is 0.891. The lowest BCUT2D eigenvalue weighted by molar-refractivity contribution is -0.143. The highest BCUT2D eigenvalue weighted by Crippen LogP contribution is 2.16. The Morgan fingerprint density at radius 1 is 0.443 bits per heavy atom. The molecule has 0 aromatic carbocycles. The van der Waals surface area contributed by atoms with E-state index in [1.807, 2.05) is 6.08 Å². The van der Waals surface area contributed by atoms with Gasteiger partial charge in [-0.2, -0.15) is 0 Å². The molecule has 61 heavy (non-hydrogen) atoms. The summed E-state index contributed by atoms with van der Waals surface area (Å²) in [6.07, 6.45) is 60.4. The fourth-order valence-electron chi connectivity index (χ4n) is 8.26. The number of aliphatic hydroxyl groups excluding tert-OH is 2. The Labute approximate surface area is 380 Å². The maximum Gasteiger partial charge on any atom is 0.305 e. The molecular weight excluding hydrogens is 755 g/mol. The highest BCUT2D eigenvalue weighted by Gasteiger charge is 2.18. The lowest BCUT2D eigenvalue weighted by Crippen LogP contribution is -2.45. The van der Waals surface area contributed by atoms with Crippen molar-refractivity contribution in [3.05, 3.63) is 24.3 Å². The summed E-state index contributed by atoms with van der Waals surface area (Å²) in [4.78, 5) is 24.4. The largest absolute Gasteiger partial charge is 0.466 e. The molecule has 360 valence electrons. The molecule has 0 spiro atoms. The predicted octanol–water partition coefficient (Wildman–Crippen LogP) is 16.3. The van der Waals surface area contributed by atoms with Gasteiger partial charge in [0.2, 0.25) is 5.91 Å². The van der Waals surface area contributed by atoms with Crippen LogP contribution in [0, 0.1) is 0 Å². The van der Waals surface area contributed by atoms with Crippen LogP contribution < -0.4 is 5.32 Å². The molecule has 0 bridgehead atoms. The molecule has 0 aromatic rings. The van der Waals surface area contributed by atoms with Crippen LogP contribution in [0.2, 0.25) is 0 Å². The Balaban J connectivity index is 3.50. The lowest BCUT2D eigenvalue weighted by atomic mass is 10.0. The zero-order chi connectivity index (χ0) is 44.4. The maximum atomic E-state index is 12.5. The van der Waals surface area contributed by atoms with Crippen LogP contribution in [0.3, 0.4) is 0 Å². The first-order valence-corrected chi connectivity index (χ1v) is 27.1. The minimum absolute atomic E-state index is 0.0178. The fourth-order valence-corrected chi connectivity index (χ4v) is 8.26. The van der Waals surface area contributed by atoms with Crippen LogP contribution in [0.5, 0.6) is 0 Å². The van der Waals surface area contributed by atoms with Crippen molar-refractivity contribution in [3.8, 4) is 0 Å². The van der Waals surface area contributed by atoms with E-state index in [4.69, 9.17) is 4.74 Å². The summed E-state index contributed by atoms with van der Waals surface area (Å²) in [5.74, 6) is -0.0971. The van der Waals surface area contributed by atoms with Gasteiger partial charge in [0, 0.05) is 12.8 Å². The SMILES string of the molecule is CCCC/C=C\CCCCCCCC(=O)OCCCCCCCCCCCCCCCC(=O)NC(CO)C(O)/C=C/CCCCCCCCCCCCCCCCCCCC. The summed E-state index contributed by atoms with van der Waals surface area (Å²) < 4.78 is 5.44. The van der Waals surface area contributed by atoms with E-state index in [-0.39, 0.29) is 18.5 Å². The van der Waals surface area contributed by atoms with Crippen molar-refractivity contribution in [1.82, 2.24) is 5.32 Å². The minimum atomic E-state index is -0.853. The van der Waals surface area contributed by atoms with Crippen LogP contribution in [0.15, 0.2) is 24.3 Å². The van der Waals surface area contributed by atoms with Gasteiger partial charge in [-0.25, -0.2) is 0 Å². The second-order valence-corrected chi connectivity index (χ2v) is 18.6. The summed E-state index contributed by atoms with van der Waals surface area (Å²) in [6, 6.07) is -0.638. The topological polar surface area (TPSA) is 95.9 Å². The minimum Gasteiger partial charge on any atom is -0.466 e. The predicted molar refractivity (Wildman–Crippen MR) is 264 cm³/mol. The van der Waals surface area contributed by atoms with Crippen molar-refractivity contribution in [2.75, 3.05) is 13.2 Å². The number of hydrogen-bond acceptors (Lipinski definition) is 5. The van der Waals surface area contributed by atoms with Gasteiger partial charge < -0.3 is 20.3 Å². The van der Waals surface area contributed by atoms with Gasteiger partial charge in [0.15, 0.2) is 0 Å². The number of ether oxygens (including phenoxy) is 1. The summed E-state index contributed by atoms with van der Waals surface area (Å²) in [6.45, 7) is 4.84. The Morgan fingerprint density at radius 3 is 1.21 bits per heavy atom. The quantitative estimate of drug-likeness (QED) is 0.0322. The van der Waals surface area contributed by atoms with Crippen molar-refractivity contribution in [2.45, 2.75) is 302 Å². The van der Waals surface area contributed by atoms with Crippen molar-refractivity contribution in [2.24, 2.45) is 0 Å². The van der Waals surface area contributed by atoms with Crippen LogP contribution in [0.1, 0.15) is 290 Å². The van der Waals surface area contributed by atoms with Gasteiger partial charge in [0.1, 0.15) is 0 Å². The summed E-state index contributed by atoms with van der Waals surface area (Å²) >= 11 is 0. The second-order valence-electron chi connectivity index (χ2n) is 18.6. The highest BCUT2D eigenvalue weighted by molar-refractivity contribution is 5.76. The van der Waals surface area contributed by atoms with Gasteiger partial charge in [0.05, 0.1) is 25.4 Å². The van der Waals surface area contributed by atoms with E-state index in [2.05, 4.69) is 31.3 Å². The van der Waals surface area contributed by atoms with E-state index < -0.39 is 12.1 Å². The van der Waals surface area contributed by atoms with Gasteiger partial charge in [-0.05, 0) is 51.4 Å². The zero-order valence-electron chi connectivity index (χ0n) is 40.9. The van der Waals surface area contributed by atoms with E-state index in [9.17, 15) is 19.8 Å². The lowest BCUT2D eigenvalue weighted by Gasteiger charge is -2.20. The molecule has 0 aliphatic rings. The second kappa shape index (κ2) is 51.0. The van der Waals surface area contributed by atoms with Gasteiger partial charge in [0.25, 0.3) is 0 Å². The van der Waals surface area contributed by atoms with Crippen LogP contribution in [-0.4, -0.2) is 47.4 Å². The number of amides is 1. The standard InChI is InChI=1S/C55H105NO5/c1-3-5-7-9-11-13-15-16-17-18-19-20-21-22-24-28-31-35-39-43-47-53(58)52(51-57)56-54(59)48-44-40-36-32-29-25-23-26-30-34-38-42-46-50-61-55(60)49-45-41-37-33-27-14-12-10-8-6-4-2/h10,12,43,47,52-53,57-58H,3-9,11,13-42,44-46,48-51H2,1-2H3,(H,56,59)/b12-10-,47-43+. The first-order chi connectivity index (χ1) is 30.0. The third kappa shape index (κ3) is 47.7. The van der Waals surface area contributed by atoms with E-state index in [1.165, 1.54) is 205 Å². The van der Waals surface area contributed by atoms with Crippen LogP contribution in [0.4, 0.5) is 0 Å². The number of carbonyl (C=O) groups excluding carboxylic acids is 2. The molecule has 0 saturated heterocycles. The number of unbranched alkanes of at least 4 members (excludes halogenated alkanes) is 37. The van der Waals surface area contributed by atoms with Gasteiger partial charge >= 0.3 is 5.97 Å². The third-order valence-corrected chi connectivity index (χ3v) is 12.5. The maximum absolute atomic E-state index is 12.5. The van der Waals surface area contributed by atoms with E-state index >= 15 is 0 Å². The van der Waals surface area contributed by atoms with Crippen molar-refractivity contribution < 1.29 is 24.5 Å². The molecule has 2 atom stereocenters. The molecule has 6 nitrogen and oxygen atoms in total. The first kappa shape index (κ1) is 59.3. The molecule has 0 rings (SSSR count). The highest BCUT2D eigenvalue weighted by atomic mass is 16.5. The molecule has 0 fully saturated rings. The average Bonchev–Trinajstić information content (AvgIpc) is 3.26. The number of allylic oxidation sites excluding steroid dienone is 3. The molecule has 0 radical (unpaired) electrons. The normalized spacial score (nSPS) is 12.8. The Bertz CT molecular complexity index is 951. The third-order valence-electron chi connectivity index (χ3n) is 12.5. The first-order valence-electron chi connectivity index (χ1n) is 27.1. The molecule has 0 aliphatic carbocycles. The Morgan fingerprint density at radius 2 is 0.787 bits per heavy atom. The van der Waals surface area contributed by atoms with Crippen LogP contribution in [0.25, 0.3) is 0 Å². The molecule has 1 amide bonds. The number of nitrogens with one attached hydrogen (secondary N) is 1. The molecule has 0 heterocycles. The molecule has 3 N–H and O–H groups in total. The summed E-state index contributed by atoms with van der Waals surface area (Å²) in [7, 11) is 0. The number of carbonyl (C=O) groups is 2. The number of rotatable bonds is 50. The number of hydrogen-bond donors (Lipinski definition) is 3. The van der Waals surface area contributed by atoms with Gasteiger partial charge in [-0.1, -0.05) is 250 Å². The number of esters is 1.